The second-order valence-electron chi connectivity index (χ2n) is 5.90. The van der Waals surface area contributed by atoms with E-state index in [9.17, 15) is 9.59 Å². The van der Waals surface area contributed by atoms with Gasteiger partial charge < -0.3 is 0 Å². The van der Waals surface area contributed by atoms with Gasteiger partial charge in [0.15, 0.2) is 11.6 Å². The average Bonchev–Trinajstić information content (AvgIpc) is 2.44. The first-order valence-corrected chi connectivity index (χ1v) is 5.86. The van der Waals surface area contributed by atoms with E-state index in [0.717, 1.165) is 12.0 Å². The number of carbonyl (C=O) groups excluding carboxylic acids is 2. The van der Waals surface area contributed by atoms with Crippen molar-refractivity contribution in [3.8, 4) is 0 Å². The highest BCUT2D eigenvalue weighted by molar-refractivity contribution is 6.05. The SMILES string of the molecule is CC(=O)C1=C[C@H]2[C@@]3(C)C=C[C@]2(C)C(=O)[C@@H]1C3. The number of carbonyl (C=O) groups is 2. The fourth-order valence-electron chi connectivity index (χ4n) is 3.87. The summed E-state index contributed by atoms with van der Waals surface area (Å²) in [6.45, 7) is 5.79. The van der Waals surface area contributed by atoms with Gasteiger partial charge in [-0.25, -0.2) is 0 Å². The maximum absolute atomic E-state index is 12.4. The molecular weight excluding hydrogens is 200 g/mol. The third-order valence-corrected chi connectivity index (χ3v) is 4.79. The van der Waals surface area contributed by atoms with Crippen molar-refractivity contribution in [2.75, 3.05) is 0 Å². The normalized spacial score (nSPS) is 48.4. The molecule has 0 aliphatic heterocycles. The van der Waals surface area contributed by atoms with Gasteiger partial charge >= 0.3 is 0 Å². The van der Waals surface area contributed by atoms with Crippen LogP contribution in [0.4, 0.5) is 0 Å². The van der Waals surface area contributed by atoms with E-state index in [1.165, 1.54) is 0 Å². The monoisotopic (exact) mass is 216 g/mol. The second kappa shape index (κ2) is 2.55. The van der Waals surface area contributed by atoms with Gasteiger partial charge in [-0.05, 0) is 25.7 Å². The van der Waals surface area contributed by atoms with Gasteiger partial charge in [0.25, 0.3) is 0 Å². The van der Waals surface area contributed by atoms with Crippen LogP contribution in [0.2, 0.25) is 0 Å². The molecule has 4 rings (SSSR count). The van der Waals surface area contributed by atoms with Crippen LogP contribution >= 0.6 is 0 Å². The van der Waals surface area contributed by atoms with Crippen LogP contribution in [0.25, 0.3) is 0 Å². The number of ketones is 2. The Morgan fingerprint density at radius 1 is 1.38 bits per heavy atom. The van der Waals surface area contributed by atoms with Crippen LogP contribution in [-0.2, 0) is 9.59 Å². The molecule has 16 heavy (non-hydrogen) atoms. The zero-order valence-electron chi connectivity index (χ0n) is 9.91. The molecule has 4 bridgehead atoms. The maximum atomic E-state index is 12.4. The molecule has 4 aliphatic carbocycles. The molecule has 0 radical (unpaired) electrons. The Morgan fingerprint density at radius 2 is 2.06 bits per heavy atom. The predicted octanol–water partition coefficient (Wildman–Crippen LogP) is 2.30. The van der Waals surface area contributed by atoms with E-state index in [4.69, 9.17) is 0 Å². The summed E-state index contributed by atoms with van der Waals surface area (Å²) in [5.41, 5.74) is 0.497. The summed E-state index contributed by atoms with van der Waals surface area (Å²) < 4.78 is 0. The summed E-state index contributed by atoms with van der Waals surface area (Å²) in [6, 6.07) is 0. The summed E-state index contributed by atoms with van der Waals surface area (Å²) in [7, 11) is 0. The van der Waals surface area contributed by atoms with E-state index in [1.807, 2.05) is 6.92 Å². The molecule has 4 atom stereocenters. The van der Waals surface area contributed by atoms with Crippen molar-refractivity contribution in [1.29, 1.82) is 0 Å². The van der Waals surface area contributed by atoms with Crippen LogP contribution in [0.5, 0.6) is 0 Å². The molecule has 1 saturated carbocycles. The Labute approximate surface area is 95.4 Å². The Kier molecular flexibility index (Phi) is 1.60. The lowest BCUT2D eigenvalue weighted by atomic mass is 9.51. The number of Topliss-reactive ketones (excluding diaryl/α,β-unsaturated/α-hetero) is 2. The van der Waals surface area contributed by atoms with Crippen molar-refractivity contribution in [1.82, 2.24) is 0 Å². The van der Waals surface area contributed by atoms with Crippen molar-refractivity contribution in [3.05, 3.63) is 23.8 Å². The number of hydrogen-bond donors (Lipinski definition) is 0. The first-order chi connectivity index (χ1) is 7.38. The van der Waals surface area contributed by atoms with E-state index in [-0.39, 0.29) is 34.2 Å². The molecule has 0 aromatic carbocycles. The molecule has 0 aromatic heterocycles. The second-order valence-corrected chi connectivity index (χ2v) is 5.90. The smallest absolute Gasteiger partial charge is 0.156 e. The van der Waals surface area contributed by atoms with Crippen molar-refractivity contribution >= 4 is 11.6 Å². The summed E-state index contributed by atoms with van der Waals surface area (Å²) in [6.07, 6.45) is 7.13. The van der Waals surface area contributed by atoms with Crippen molar-refractivity contribution < 1.29 is 9.59 Å². The van der Waals surface area contributed by atoms with E-state index >= 15 is 0 Å². The van der Waals surface area contributed by atoms with Crippen molar-refractivity contribution in [3.63, 3.8) is 0 Å². The molecule has 2 nitrogen and oxygen atoms in total. The summed E-state index contributed by atoms with van der Waals surface area (Å²) >= 11 is 0. The van der Waals surface area contributed by atoms with Gasteiger partial charge in [0.05, 0.1) is 5.41 Å². The lowest BCUT2D eigenvalue weighted by molar-refractivity contribution is -0.138. The molecule has 0 aromatic rings. The molecule has 0 spiro atoms. The molecule has 0 heterocycles. The highest BCUT2D eigenvalue weighted by atomic mass is 16.1. The fourth-order valence-corrected chi connectivity index (χ4v) is 3.87. The van der Waals surface area contributed by atoms with E-state index in [1.54, 1.807) is 6.92 Å². The van der Waals surface area contributed by atoms with Gasteiger partial charge in [-0.2, -0.15) is 0 Å². The topological polar surface area (TPSA) is 34.1 Å². The molecule has 0 saturated heterocycles. The minimum absolute atomic E-state index is 0.0642. The van der Waals surface area contributed by atoms with E-state index in [0.29, 0.717) is 0 Å². The standard InChI is InChI=1S/C14H16O2/c1-8(15)9-6-11-13(2)4-5-14(11,3)12(16)10(9)7-13/h4-6,10-11H,7H2,1-3H3/t10-,11+,13+,14+/m1/s1. The highest BCUT2D eigenvalue weighted by Gasteiger charge is 2.61. The minimum Gasteiger partial charge on any atom is -0.298 e. The molecule has 0 amide bonds. The Balaban J connectivity index is 2.21. The number of hydrogen-bond acceptors (Lipinski definition) is 2. The largest absolute Gasteiger partial charge is 0.298 e. The number of allylic oxidation sites excluding steroid dienone is 4. The fraction of sp³-hybridized carbons (Fsp3) is 0.571. The predicted molar refractivity (Wildman–Crippen MR) is 60.7 cm³/mol. The number of rotatable bonds is 1. The van der Waals surface area contributed by atoms with Crippen LogP contribution in [0.3, 0.4) is 0 Å². The Bertz CT molecular complexity index is 471. The van der Waals surface area contributed by atoms with Gasteiger partial charge in [-0.1, -0.05) is 25.2 Å². The van der Waals surface area contributed by atoms with Crippen molar-refractivity contribution in [2.45, 2.75) is 27.2 Å². The van der Waals surface area contributed by atoms with Crippen LogP contribution in [0, 0.1) is 22.7 Å². The maximum Gasteiger partial charge on any atom is 0.156 e. The van der Waals surface area contributed by atoms with E-state index < -0.39 is 0 Å². The third-order valence-electron chi connectivity index (χ3n) is 4.79. The minimum atomic E-state index is -0.351. The zero-order valence-corrected chi connectivity index (χ0v) is 9.91. The Morgan fingerprint density at radius 3 is 2.69 bits per heavy atom. The van der Waals surface area contributed by atoms with Crippen molar-refractivity contribution in [2.24, 2.45) is 22.7 Å². The molecule has 0 unspecified atom stereocenters. The molecular formula is C14H16O2. The molecule has 0 N–H and O–H groups in total. The molecule has 1 fully saturated rings. The van der Waals surface area contributed by atoms with Gasteiger partial charge in [0, 0.05) is 17.4 Å². The van der Waals surface area contributed by atoms with Gasteiger partial charge in [0.2, 0.25) is 0 Å². The molecule has 2 heteroatoms. The van der Waals surface area contributed by atoms with Crippen LogP contribution in [0.15, 0.2) is 23.8 Å². The van der Waals surface area contributed by atoms with Gasteiger partial charge in [0.1, 0.15) is 0 Å². The lowest BCUT2D eigenvalue weighted by Gasteiger charge is -2.50. The van der Waals surface area contributed by atoms with E-state index in [2.05, 4.69) is 25.2 Å². The van der Waals surface area contributed by atoms with Gasteiger partial charge in [-0.3, -0.25) is 9.59 Å². The molecule has 4 aliphatic rings. The first kappa shape index (κ1) is 10.0. The van der Waals surface area contributed by atoms with Gasteiger partial charge in [-0.15, -0.1) is 0 Å². The van der Waals surface area contributed by atoms with Crippen LogP contribution < -0.4 is 0 Å². The molecule has 84 valence electrons. The highest BCUT2D eigenvalue weighted by Crippen LogP contribution is 2.62. The third kappa shape index (κ3) is 0.892. The summed E-state index contributed by atoms with van der Waals surface area (Å²) in [5.74, 6) is 0.342. The van der Waals surface area contributed by atoms with Crippen LogP contribution in [0.1, 0.15) is 27.2 Å². The average molecular weight is 216 g/mol. The van der Waals surface area contributed by atoms with Crippen LogP contribution in [-0.4, -0.2) is 11.6 Å². The lowest BCUT2D eigenvalue weighted by Crippen LogP contribution is -2.52. The summed E-state index contributed by atoms with van der Waals surface area (Å²) in [5, 5.41) is 0. The summed E-state index contributed by atoms with van der Waals surface area (Å²) in [4.78, 5) is 23.9. The quantitative estimate of drug-likeness (QED) is 0.630. The first-order valence-electron chi connectivity index (χ1n) is 5.86. The zero-order chi connectivity index (χ0) is 11.7. The Hall–Kier alpha value is -1.18.